The van der Waals surface area contributed by atoms with E-state index in [0.717, 1.165) is 0 Å². The summed E-state index contributed by atoms with van der Waals surface area (Å²) < 4.78 is 3.15. The molecule has 0 aliphatic heterocycles. The molecule has 4 heteroatoms. The minimum Gasteiger partial charge on any atom is -0.541 e. The molecule has 1 aromatic rings. The fourth-order valence-corrected chi connectivity index (χ4v) is 0.849. The molecule has 0 fully saturated rings. The average Bonchev–Trinajstić information content (AvgIpc) is 2.10. The summed E-state index contributed by atoms with van der Waals surface area (Å²) in [6, 6.07) is 0. The van der Waals surface area contributed by atoms with Gasteiger partial charge in [-0.15, -0.1) is 0 Å². The van der Waals surface area contributed by atoms with Crippen molar-refractivity contribution in [1.29, 1.82) is 0 Å². The molecule has 54 valence electrons. The van der Waals surface area contributed by atoms with E-state index in [4.69, 9.17) is 0 Å². The van der Waals surface area contributed by atoms with Crippen LogP contribution in [-0.2, 0) is 14.1 Å². The van der Waals surface area contributed by atoms with E-state index in [2.05, 4.69) is 0 Å². The lowest BCUT2D eigenvalue weighted by atomic mass is 10.5. The number of carboxylic acid groups (broad SMARTS) is 1. The van der Waals surface area contributed by atoms with Gasteiger partial charge in [-0.25, -0.2) is 9.13 Å². The van der Waals surface area contributed by atoms with Gasteiger partial charge in [-0.2, -0.15) is 0 Å². The molecule has 0 radical (unpaired) electrons. The molecule has 4 nitrogen and oxygen atoms in total. The van der Waals surface area contributed by atoms with E-state index in [-0.39, 0.29) is 5.69 Å². The van der Waals surface area contributed by atoms with Crippen molar-refractivity contribution in [3.8, 4) is 0 Å². The second-order valence-electron chi connectivity index (χ2n) is 2.19. The normalized spacial score (nSPS) is 9.80. The molecule has 0 aliphatic rings. The molecule has 0 saturated heterocycles. The summed E-state index contributed by atoms with van der Waals surface area (Å²) in [6.07, 6.45) is 3.15. The lowest BCUT2D eigenvalue weighted by molar-refractivity contribution is -0.671. The smallest absolute Gasteiger partial charge is 0.243 e. The predicted octanol–water partition coefficient (Wildman–Crippen LogP) is -1.79. The Balaban J connectivity index is 3.15. The second kappa shape index (κ2) is 2.13. The maximum Gasteiger partial charge on any atom is 0.243 e. The van der Waals surface area contributed by atoms with E-state index in [1.807, 2.05) is 0 Å². The van der Waals surface area contributed by atoms with Gasteiger partial charge in [-0.3, -0.25) is 0 Å². The number of imidazole rings is 1. The minimum absolute atomic E-state index is 0.183. The number of rotatable bonds is 1. The number of carboxylic acids is 1. The van der Waals surface area contributed by atoms with Crippen LogP contribution in [0.25, 0.3) is 0 Å². The monoisotopic (exact) mass is 140 g/mol. The molecule has 1 rings (SSSR count). The molecule has 0 aromatic carbocycles. The molecular formula is C6H8N2O2. The van der Waals surface area contributed by atoms with Crippen LogP contribution < -0.4 is 9.67 Å². The first-order valence-electron chi connectivity index (χ1n) is 2.84. The van der Waals surface area contributed by atoms with Crippen molar-refractivity contribution < 1.29 is 14.5 Å². The molecule has 0 spiro atoms. The lowest BCUT2D eigenvalue weighted by Crippen LogP contribution is -2.26. The number of aromatic carboxylic acids is 1. The summed E-state index contributed by atoms with van der Waals surface area (Å²) in [5, 5.41) is 10.3. The molecule has 0 atom stereocenters. The summed E-state index contributed by atoms with van der Waals surface area (Å²) in [5.41, 5.74) is 0.183. The molecule has 1 aromatic heterocycles. The Bertz CT molecular complexity index is 265. The Morgan fingerprint density at radius 3 is 2.60 bits per heavy atom. The predicted molar refractivity (Wildman–Crippen MR) is 30.9 cm³/mol. The summed E-state index contributed by atoms with van der Waals surface area (Å²) in [6.45, 7) is 0. The van der Waals surface area contributed by atoms with Crippen molar-refractivity contribution in [2.75, 3.05) is 0 Å². The SMILES string of the molecule is Cn1c[n+](C)cc1C(=O)[O-]. The van der Waals surface area contributed by atoms with Gasteiger partial charge in [0.25, 0.3) is 0 Å². The van der Waals surface area contributed by atoms with Crippen LogP contribution in [0.2, 0.25) is 0 Å². The van der Waals surface area contributed by atoms with E-state index in [1.54, 1.807) is 25.0 Å². The van der Waals surface area contributed by atoms with Gasteiger partial charge in [0, 0.05) is 0 Å². The summed E-state index contributed by atoms with van der Waals surface area (Å²) in [7, 11) is 3.41. The van der Waals surface area contributed by atoms with E-state index >= 15 is 0 Å². The largest absolute Gasteiger partial charge is 0.541 e. The van der Waals surface area contributed by atoms with Gasteiger partial charge in [-0.1, -0.05) is 0 Å². The summed E-state index contributed by atoms with van der Waals surface area (Å²) >= 11 is 0. The molecule has 0 saturated carbocycles. The molecule has 0 unspecified atom stereocenters. The van der Waals surface area contributed by atoms with Crippen molar-refractivity contribution in [3.05, 3.63) is 18.2 Å². The van der Waals surface area contributed by atoms with Crippen LogP contribution in [0.4, 0.5) is 0 Å². The first-order valence-corrected chi connectivity index (χ1v) is 2.84. The third kappa shape index (κ3) is 1.00. The van der Waals surface area contributed by atoms with Crippen molar-refractivity contribution in [3.63, 3.8) is 0 Å². The van der Waals surface area contributed by atoms with Crippen LogP contribution in [0.3, 0.4) is 0 Å². The van der Waals surface area contributed by atoms with Gasteiger partial charge in [-0.05, 0) is 0 Å². The Labute approximate surface area is 58.3 Å². The maximum atomic E-state index is 10.3. The van der Waals surface area contributed by atoms with Gasteiger partial charge < -0.3 is 9.90 Å². The zero-order valence-corrected chi connectivity index (χ0v) is 5.87. The third-order valence-corrected chi connectivity index (χ3v) is 1.27. The van der Waals surface area contributed by atoms with E-state index in [0.29, 0.717) is 0 Å². The van der Waals surface area contributed by atoms with Gasteiger partial charge in [0.05, 0.1) is 14.1 Å². The fourth-order valence-electron chi connectivity index (χ4n) is 0.849. The Hall–Kier alpha value is -1.32. The number of aromatic nitrogens is 2. The Morgan fingerprint density at radius 1 is 1.80 bits per heavy atom. The number of hydrogen-bond acceptors (Lipinski definition) is 2. The number of aryl methyl sites for hydroxylation is 2. The maximum absolute atomic E-state index is 10.3. The van der Waals surface area contributed by atoms with Gasteiger partial charge in [0.15, 0.2) is 5.69 Å². The van der Waals surface area contributed by atoms with Crippen LogP contribution in [0.1, 0.15) is 10.5 Å². The van der Waals surface area contributed by atoms with Crippen molar-refractivity contribution in [2.24, 2.45) is 14.1 Å². The van der Waals surface area contributed by atoms with Crippen LogP contribution in [0.15, 0.2) is 12.5 Å². The topological polar surface area (TPSA) is 48.9 Å². The Morgan fingerprint density at radius 2 is 2.40 bits per heavy atom. The number of hydrogen-bond donors (Lipinski definition) is 0. The highest BCUT2D eigenvalue weighted by atomic mass is 16.4. The Kier molecular flexibility index (Phi) is 1.45. The van der Waals surface area contributed by atoms with E-state index in [1.165, 1.54) is 10.8 Å². The van der Waals surface area contributed by atoms with Crippen LogP contribution >= 0.6 is 0 Å². The standard InChI is InChI=1S/C6H8N2O2/c1-7-3-5(6(9)10)8(2)4-7/h3-4H,1-2H3. The summed E-state index contributed by atoms with van der Waals surface area (Å²) in [5.74, 6) is -1.15. The van der Waals surface area contributed by atoms with Crippen molar-refractivity contribution in [1.82, 2.24) is 4.57 Å². The highest BCUT2D eigenvalue weighted by molar-refractivity contribution is 5.82. The van der Waals surface area contributed by atoms with E-state index < -0.39 is 5.97 Å². The van der Waals surface area contributed by atoms with Gasteiger partial charge in [0.2, 0.25) is 6.33 Å². The zero-order valence-electron chi connectivity index (χ0n) is 5.87. The number of carbonyl (C=O) groups excluding carboxylic acids is 1. The average molecular weight is 140 g/mol. The van der Waals surface area contributed by atoms with E-state index in [9.17, 15) is 9.90 Å². The number of nitrogens with zero attached hydrogens (tertiary/aromatic N) is 2. The van der Waals surface area contributed by atoms with Crippen LogP contribution in [0.5, 0.6) is 0 Å². The van der Waals surface area contributed by atoms with Crippen LogP contribution in [0, 0.1) is 0 Å². The summed E-state index contributed by atoms with van der Waals surface area (Å²) in [4.78, 5) is 10.3. The fraction of sp³-hybridized carbons (Fsp3) is 0.333. The highest BCUT2D eigenvalue weighted by Crippen LogP contribution is 1.89. The minimum atomic E-state index is -1.15. The molecule has 0 N–H and O–H groups in total. The molecule has 0 bridgehead atoms. The van der Waals surface area contributed by atoms with Crippen LogP contribution in [-0.4, -0.2) is 10.5 Å². The first-order chi connectivity index (χ1) is 4.61. The third-order valence-electron chi connectivity index (χ3n) is 1.27. The zero-order chi connectivity index (χ0) is 7.72. The van der Waals surface area contributed by atoms with Crippen molar-refractivity contribution >= 4 is 5.97 Å². The molecule has 10 heavy (non-hydrogen) atoms. The molecule has 1 heterocycles. The lowest BCUT2D eigenvalue weighted by Gasteiger charge is -1.93. The molecule has 0 amide bonds. The second-order valence-corrected chi connectivity index (χ2v) is 2.19. The van der Waals surface area contributed by atoms with Gasteiger partial charge in [0.1, 0.15) is 12.2 Å². The number of carbonyl (C=O) groups is 1. The highest BCUT2D eigenvalue weighted by Gasteiger charge is 2.06. The van der Waals surface area contributed by atoms with Gasteiger partial charge >= 0.3 is 0 Å². The molecular weight excluding hydrogens is 132 g/mol. The van der Waals surface area contributed by atoms with Crippen molar-refractivity contribution in [2.45, 2.75) is 0 Å². The first kappa shape index (κ1) is 6.80. The molecule has 0 aliphatic carbocycles. The quantitative estimate of drug-likeness (QED) is 0.433.